The van der Waals surface area contributed by atoms with Crippen LogP contribution in [0.5, 0.6) is 5.75 Å². The first-order valence-electron chi connectivity index (χ1n) is 9.10. The van der Waals surface area contributed by atoms with E-state index in [4.69, 9.17) is 5.11 Å². The van der Waals surface area contributed by atoms with Gasteiger partial charge in [0.2, 0.25) is 11.8 Å². The van der Waals surface area contributed by atoms with Crippen molar-refractivity contribution in [3.05, 3.63) is 65.7 Å². The SMILES string of the molecule is O=C(O)C[C@H](NC(=O)Cc1ccc(O)cc1)C(=O)N[C@@H](Cc1ccccc1)C(=O)O. The van der Waals surface area contributed by atoms with Crippen molar-refractivity contribution >= 4 is 23.8 Å². The second-order valence-electron chi connectivity index (χ2n) is 6.65. The molecule has 0 aliphatic rings. The van der Waals surface area contributed by atoms with Crippen LogP contribution in [0.25, 0.3) is 0 Å². The van der Waals surface area contributed by atoms with Gasteiger partial charge in [-0.3, -0.25) is 14.4 Å². The molecule has 0 spiro atoms. The lowest BCUT2D eigenvalue weighted by atomic mass is 10.0. The lowest BCUT2D eigenvalue weighted by Gasteiger charge is -2.20. The Balaban J connectivity index is 2.05. The first-order valence-corrected chi connectivity index (χ1v) is 9.10. The monoisotopic (exact) mass is 414 g/mol. The summed E-state index contributed by atoms with van der Waals surface area (Å²) < 4.78 is 0. The molecule has 2 aromatic rings. The second kappa shape index (κ2) is 10.6. The van der Waals surface area contributed by atoms with Gasteiger partial charge in [-0.05, 0) is 23.3 Å². The van der Waals surface area contributed by atoms with Gasteiger partial charge in [0.15, 0.2) is 0 Å². The van der Waals surface area contributed by atoms with E-state index in [1.807, 2.05) is 0 Å². The predicted molar refractivity (Wildman–Crippen MR) is 106 cm³/mol. The van der Waals surface area contributed by atoms with E-state index in [-0.39, 0.29) is 18.6 Å². The molecule has 5 N–H and O–H groups in total. The summed E-state index contributed by atoms with van der Waals surface area (Å²) in [6, 6.07) is 11.7. The summed E-state index contributed by atoms with van der Waals surface area (Å²) in [4.78, 5) is 47.4. The number of carboxylic acids is 2. The van der Waals surface area contributed by atoms with Crippen molar-refractivity contribution in [1.82, 2.24) is 10.6 Å². The average molecular weight is 414 g/mol. The Morgan fingerprint density at radius 1 is 0.800 bits per heavy atom. The number of benzene rings is 2. The van der Waals surface area contributed by atoms with Crippen LogP contribution in [0.1, 0.15) is 17.5 Å². The van der Waals surface area contributed by atoms with Crippen molar-refractivity contribution in [1.29, 1.82) is 0 Å². The topological polar surface area (TPSA) is 153 Å². The minimum Gasteiger partial charge on any atom is -0.508 e. The molecule has 2 amide bonds. The van der Waals surface area contributed by atoms with Crippen molar-refractivity contribution in [2.24, 2.45) is 0 Å². The summed E-state index contributed by atoms with van der Waals surface area (Å²) in [5, 5.41) is 32.4. The van der Waals surface area contributed by atoms with E-state index < -0.39 is 42.3 Å². The number of amides is 2. The van der Waals surface area contributed by atoms with E-state index in [2.05, 4.69) is 10.6 Å². The molecular weight excluding hydrogens is 392 g/mol. The summed E-state index contributed by atoms with van der Waals surface area (Å²) in [5.74, 6) is -4.09. The normalized spacial score (nSPS) is 12.4. The average Bonchev–Trinajstić information content (AvgIpc) is 2.69. The third kappa shape index (κ3) is 7.27. The maximum Gasteiger partial charge on any atom is 0.326 e. The van der Waals surface area contributed by atoms with E-state index in [0.29, 0.717) is 11.1 Å². The lowest BCUT2D eigenvalue weighted by Crippen LogP contribution is -2.53. The van der Waals surface area contributed by atoms with Gasteiger partial charge in [0.25, 0.3) is 0 Å². The van der Waals surface area contributed by atoms with E-state index >= 15 is 0 Å². The molecule has 158 valence electrons. The number of hydrogen-bond acceptors (Lipinski definition) is 5. The Kier molecular flexibility index (Phi) is 7.92. The molecule has 2 rings (SSSR count). The van der Waals surface area contributed by atoms with Crippen LogP contribution in [0.3, 0.4) is 0 Å². The minimum atomic E-state index is -1.44. The molecule has 0 aliphatic carbocycles. The fourth-order valence-electron chi connectivity index (χ4n) is 2.75. The van der Waals surface area contributed by atoms with Crippen LogP contribution in [-0.2, 0) is 32.0 Å². The van der Waals surface area contributed by atoms with Gasteiger partial charge >= 0.3 is 11.9 Å². The molecule has 0 fully saturated rings. The fourth-order valence-corrected chi connectivity index (χ4v) is 2.75. The molecule has 30 heavy (non-hydrogen) atoms. The standard InChI is InChI=1S/C21H22N2O7/c24-15-8-6-14(7-9-15)11-18(25)22-16(12-19(26)27)20(28)23-17(21(29)30)10-13-4-2-1-3-5-13/h1-9,16-17,24H,10-12H2,(H,22,25)(H,23,28)(H,26,27)(H,29,30)/t16-,17-/m0/s1. The maximum atomic E-state index is 12.5. The number of carbonyl (C=O) groups is 4. The molecule has 9 heteroatoms. The van der Waals surface area contributed by atoms with E-state index in [1.54, 1.807) is 30.3 Å². The van der Waals surface area contributed by atoms with Crippen molar-refractivity contribution in [3.63, 3.8) is 0 Å². The summed E-state index contributed by atoms with van der Waals surface area (Å²) in [7, 11) is 0. The number of carboxylic acid groups (broad SMARTS) is 2. The predicted octanol–water partition coefficient (Wildman–Crippen LogP) is 0.706. The van der Waals surface area contributed by atoms with Gasteiger partial charge in [-0.15, -0.1) is 0 Å². The molecule has 2 atom stereocenters. The number of rotatable bonds is 10. The Morgan fingerprint density at radius 3 is 2.00 bits per heavy atom. The number of nitrogens with one attached hydrogen (secondary N) is 2. The highest BCUT2D eigenvalue weighted by Crippen LogP contribution is 2.10. The van der Waals surface area contributed by atoms with E-state index in [0.717, 1.165) is 0 Å². The van der Waals surface area contributed by atoms with Crippen LogP contribution in [0.2, 0.25) is 0 Å². The molecule has 0 aromatic heterocycles. The Morgan fingerprint density at radius 2 is 1.43 bits per heavy atom. The van der Waals surface area contributed by atoms with Gasteiger partial charge < -0.3 is 26.0 Å². The van der Waals surface area contributed by atoms with E-state index in [9.17, 15) is 29.4 Å². The maximum absolute atomic E-state index is 12.5. The van der Waals surface area contributed by atoms with Crippen molar-refractivity contribution in [3.8, 4) is 5.75 Å². The highest BCUT2D eigenvalue weighted by molar-refractivity contribution is 5.93. The number of aliphatic carboxylic acids is 2. The van der Waals surface area contributed by atoms with Crippen LogP contribution in [0.4, 0.5) is 0 Å². The molecule has 2 aromatic carbocycles. The van der Waals surface area contributed by atoms with Crippen molar-refractivity contribution in [2.75, 3.05) is 0 Å². The van der Waals surface area contributed by atoms with Gasteiger partial charge in [0.05, 0.1) is 12.8 Å². The Bertz CT molecular complexity index is 897. The van der Waals surface area contributed by atoms with E-state index in [1.165, 1.54) is 24.3 Å². The number of aromatic hydroxyl groups is 1. The highest BCUT2D eigenvalue weighted by atomic mass is 16.4. The number of phenols is 1. The van der Waals surface area contributed by atoms with Gasteiger partial charge in [0, 0.05) is 6.42 Å². The summed E-state index contributed by atoms with van der Waals surface area (Å²) in [5.41, 5.74) is 1.23. The largest absolute Gasteiger partial charge is 0.508 e. The molecule has 0 heterocycles. The molecule has 9 nitrogen and oxygen atoms in total. The molecule has 0 saturated heterocycles. The lowest BCUT2D eigenvalue weighted by molar-refractivity contribution is -0.143. The zero-order valence-electron chi connectivity index (χ0n) is 15.9. The Hall–Kier alpha value is -3.88. The van der Waals surface area contributed by atoms with Gasteiger partial charge in [-0.25, -0.2) is 4.79 Å². The Labute approximate surface area is 172 Å². The molecule has 0 saturated carbocycles. The smallest absolute Gasteiger partial charge is 0.326 e. The van der Waals surface area contributed by atoms with Crippen molar-refractivity contribution < 1.29 is 34.5 Å². The number of carbonyl (C=O) groups excluding carboxylic acids is 2. The van der Waals surface area contributed by atoms with Crippen LogP contribution in [-0.4, -0.2) is 51.2 Å². The number of phenolic OH excluding ortho intramolecular Hbond substituents is 1. The van der Waals surface area contributed by atoms with Crippen LogP contribution < -0.4 is 10.6 Å². The first kappa shape index (κ1) is 22.4. The van der Waals surface area contributed by atoms with Crippen LogP contribution >= 0.6 is 0 Å². The van der Waals surface area contributed by atoms with Gasteiger partial charge in [-0.2, -0.15) is 0 Å². The van der Waals surface area contributed by atoms with Crippen molar-refractivity contribution in [2.45, 2.75) is 31.3 Å². The second-order valence-corrected chi connectivity index (χ2v) is 6.65. The summed E-state index contributed by atoms with van der Waals surface area (Å²) in [6.07, 6.45) is -0.843. The van der Waals surface area contributed by atoms with Crippen LogP contribution in [0, 0.1) is 0 Å². The molecular formula is C21H22N2O7. The quantitative estimate of drug-likeness (QED) is 0.384. The third-order valence-corrected chi connectivity index (χ3v) is 4.23. The van der Waals surface area contributed by atoms with Gasteiger partial charge in [0.1, 0.15) is 17.8 Å². The minimum absolute atomic E-state index is 0.00313. The molecule has 0 radical (unpaired) electrons. The zero-order chi connectivity index (χ0) is 22.1. The highest BCUT2D eigenvalue weighted by Gasteiger charge is 2.28. The zero-order valence-corrected chi connectivity index (χ0v) is 15.9. The summed E-state index contributed by atoms with van der Waals surface area (Å²) >= 11 is 0. The molecule has 0 bridgehead atoms. The number of hydrogen-bond donors (Lipinski definition) is 5. The third-order valence-electron chi connectivity index (χ3n) is 4.23. The van der Waals surface area contributed by atoms with Crippen LogP contribution in [0.15, 0.2) is 54.6 Å². The molecule has 0 aliphatic heterocycles. The molecule has 0 unspecified atom stereocenters. The van der Waals surface area contributed by atoms with Gasteiger partial charge in [-0.1, -0.05) is 42.5 Å². The summed E-state index contributed by atoms with van der Waals surface area (Å²) in [6.45, 7) is 0. The first-order chi connectivity index (χ1) is 14.2. The fraction of sp³-hybridized carbons (Fsp3) is 0.238.